The van der Waals surface area contributed by atoms with Gasteiger partial charge in [0, 0.05) is 31.6 Å². The van der Waals surface area contributed by atoms with E-state index in [9.17, 15) is 9.59 Å². The van der Waals surface area contributed by atoms with Crippen LogP contribution in [-0.2, 0) is 9.59 Å². The highest BCUT2D eigenvalue weighted by atomic mass is 16.2. The van der Waals surface area contributed by atoms with Crippen LogP contribution in [0.25, 0.3) is 0 Å². The molecule has 0 fully saturated rings. The molecule has 0 aromatic rings. The Bertz CT molecular complexity index is 861. The Morgan fingerprint density at radius 3 is 2.07 bits per heavy atom. The maximum atomic E-state index is 12.5. The molecule has 0 rings (SSSR count). The number of rotatable bonds is 10. The fraction of sp³-hybridized carbons (Fsp3) is 0.240. The summed E-state index contributed by atoms with van der Waals surface area (Å²) in [4.78, 5) is 27.6. The average Bonchev–Trinajstić information content (AvgIpc) is 2.71. The summed E-state index contributed by atoms with van der Waals surface area (Å²) in [7, 11) is 1.62. The first kappa shape index (κ1) is 26.5. The summed E-state index contributed by atoms with van der Waals surface area (Å²) in [6.45, 7) is 12.8. The van der Waals surface area contributed by atoms with E-state index in [4.69, 9.17) is 0 Å². The average molecular weight is 408 g/mol. The molecule has 0 heterocycles. The number of nitrogens with one attached hydrogen (secondary N) is 2. The Kier molecular flexibility index (Phi) is 13.7. The minimum atomic E-state index is -0.244. The predicted molar refractivity (Wildman–Crippen MR) is 128 cm³/mol. The molecule has 5 nitrogen and oxygen atoms in total. The lowest BCUT2D eigenvalue weighted by atomic mass is 10.0. The molecule has 0 radical (unpaired) electrons. The van der Waals surface area contributed by atoms with E-state index >= 15 is 0 Å². The van der Waals surface area contributed by atoms with Gasteiger partial charge in [0.15, 0.2) is 0 Å². The molecule has 0 aliphatic carbocycles. The van der Waals surface area contributed by atoms with Gasteiger partial charge in [-0.3, -0.25) is 14.6 Å². The van der Waals surface area contributed by atoms with Crippen molar-refractivity contribution in [1.29, 1.82) is 0 Å². The lowest BCUT2D eigenvalue weighted by Gasteiger charge is -2.07. The lowest BCUT2D eigenvalue weighted by Crippen LogP contribution is -2.24. The summed E-state index contributed by atoms with van der Waals surface area (Å²) in [6, 6.07) is 0. The SMILES string of the molecule is C=CC(=C\C=C(/C)NC(C)=O)/C(/C=C\C(=C/C)NC(=O)/C(C=NC)=C/C=C\C)=C/C. The first-order valence-electron chi connectivity index (χ1n) is 9.69. The van der Waals surface area contributed by atoms with Gasteiger partial charge in [-0.2, -0.15) is 0 Å². The van der Waals surface area contributed by atoms with Gasteiger partial charge in [-0.25, -0.2) is 0 Å². The topological polar surface area (TPSA) is 70.6 Å². The Morgan fingerprint density at radius 1 is 0.867 bits per heavy atom. The van der Waals surface area contributed by atoms with Crippen molar-refractivity contribution in [3.05, 3.63) is 95.5 Å². The van der Waals surface area contributed by atoms with Gasteiger partial charge in [-0.15, -0.1) is 0 Å². The van der Waals surface area contributed by atoms with Crippen molar-refractivity contribution >= 4 is 18.0 Å². The maximum Gasteiger partial charge on any atom is 0.257 e. The molecular weight excluding hydrogens is 374 g/mol. The Hall–Kier alpha value is -3.47. The van der Waals surface area contributed by atoms with E-state index in [0.29, 0.717) is 11.3 Å². The largest absolute Gasteiger partial charge is 0.330 e. The van der Waals surface area contributed by atoms with Crippen molar-refractivity contribution in [1.82, 2.24) is 10.6 Å². The van der Waals surface area contributed by atoms with Gasteiger partial charge >= 0.3 is 0 Å². The van der Waals surface area contributed by atoms with Crippen LogP contribution in [-0.4, -0.2) is 25.1 Å². The zero-order valence-corrected chi connectivity index (χ0v) is 18.8. The number of carbonyl (C=O) groups is 2. The number of nitrogens with zero attached hydrogens (tertiary/aromatic N) is 1. The summed E-state index contributed by atoms with van der Waals surface area (Å²) in [5, 5.41) is 5.60. The maximum absolute atomic E-state index is 12.5. The van der Waals surface area contributed by atoms with Crippen LogP contribution >= 0.6 is 0 Å². The number of aliphatic imine (C=N–C) groups is 1. The van der Waals surface area contributed by atoms with Crippen LogP contribution in [0.3, 0.4) is 0 Å². The Balaban J connectivity index is 5.54. The fourth-order valence-electron chi connectivity index (χ4n) is 2.28. The predicted octanol–water partition coefficient (Wildman–Crippen LogP) is 4.86. The minimum Gasteiger partial charge on any atom is -0.330 e. The third-order valence-electron chi connectivity index (χ3n) is 3.76. The van der Waals surface area contributed by atoms with Crippen molar-refractivity contribution in [2.45, 2.75) is 34.6 Å². The van der Waals surface area contributed by atoms with Crippen molar-refractivity contribution < 1.29 is 9.59 Å². The van der Waals surface area contributed by atoms with E-state index in [2.05, 4.69) is 22.2 Å². The van der Waals surface area contributed by atoms with Gasteiger partial charge in [0.25, 0.3) is 5.91 Å². The third kappa shape index (κ3) is 10.8. The molecule has 0 atom stereocenters. The smallest absolute Gasteiger partial charge is 0.257 e. The molecular formula is C25H33N3O2. The van der Waals surface area contributed by atoms with Gasteiger partial charge in [-0.05, 0) is 57.1 Å². The van der Waals surface area contributed by atoms with E-state index in [0.717, 1.165) is 16.8 Å². The second kappa shape index (κ2) is 15.5. The van der Waals surface area contributed by atoms with Crippen molar-refractivity contribution in [3.63, 3.8) is 0 Å². The molecule has 0 aromatic heterocycles. The zero-order chi connectivity index (χ0) is 22.9. The van der Waals surface area contributed by atoms with E-state index in [-0.39, 0.29) is 11.8 Å². The zero-order valence-electron chi connectivity index (χ0n) is 18.8. The summed E-state index contributed by atoms with van der Waals surface area (Å²) in [6.07, 6.45) is 19.8. The Labute approximate surface area is 180 Å². The summed E-state index contributed by atoms with van der Waals surface area (Å²) in [5.74, 6) is -0.361. The fourth-order valence-corrected chi connectivity index (χ4v) is 2.28. The van der Waals surface area contributed by atoms with Crippen LogP contribution in [0.1, 0.15) is 34.6 Å². The molecule has 30 heavy (non-hydrogen) atoms. The van der Waals surface area contributed by atoms with Gasteiger partial charge in [0.2, 0.25) is 5.91 Å². The normalized spacial score (nSPS) is 14.7. The van der Waals surface area contributed by atoms with Crippen molar-refractivity contribution in [3.8, 4) is 0 Å². The first-order valence-corrected chi connectivity index (χ1v) is 9.69. The van der Waals surface area contributed by atoms with Crippen molar-refractivity contribution in [2.24, 2.45) is 4.99 Å². The second-order valence-electron chi connectivity index (χ2n) is 6.17. The van der Waals surface area contributed by atoms with Crippen LogP contribution in [0.4, 0.5) is 0 Å². The van der Waals surface area contributed by atoms with E-state index in [1.165, 1.54) is 13.1 Å². The molecule has 0 aliphatic heterocycles. The molecule has 0 aliphatic rings. The van der Waals surface area contributed by atoms with Crippen LogP contribution in [0.2, 0.25) is 0 Å². The summed E-state index contributed by atoms with van der Waals surface area (Å²) < 4.78 is 0. The van der Waals surface area contributed by atoms with E-state index in [1.54, 1.807) is 25.3 Å². The van der Waals surface area contributed by atoms with Crippen LogP contribution in [0, 0.1) is 0 Å². The second-order valence-corrected chi connectivity index (χ2v) is 6.17. The molecule has 0 bridgehead atoms. The number of carbonyl (C=O) groups excluding carboxylic acids is 2. The monoisotopic (exact) mass is 407 g/mol. The van der Waals surface area contributed by atoms with Crippen molar-refractivity contribution in [2.75, 3.05) is 7.05 Å². The summed E-state index contributed by atoms with van der Waals surface area (Å²) in [5.41, 5.74) is 3.65. The Morgan fingerprint density at radius 2 is 1.57 bits per heavy atom. The molecule has 0 aromatic carbocycles. The molecule has 0 saturated heterocycles. The molecule has 0 saturated carbocycles. The number of hydrogen-bond acceptors (Lipinski definition) is 3. The highest BCUT2D eigenvalue weighted by molar-refractivity contribution is 6.13. The first-order chi connectivity index (χ1) is 14.3. The number of hydrogen-bond donors (Lipinski definition) is 2. The number of allylic oxidation sites excluding steroid dienone is 13. The molecule has 2 amide bonds. The molecule has 160 valence electrons. The molecule has 5 heteroatoms. The van der Waals surface area contributed by atoms with Crippen LogP contribution in [0.5, 0.6) is 0 Å². The summed E-state index contributed by atoms with van der Waals surface area (Å²) >= 11 is 0. The molecule has 0 unspecified atom stereocenters. The van der Waals surface area contributed by atoms with E-state index < -0.39 is 0 Å². The van der Waals surface area contributed by atoms with Gasteiger partial charge in [-0.1, -0.05) is 49.1 Å². The highest BCUT2D eigenvalue weighted by Gasteiger charge is 2.07. The van der Waals surface area contributed by atoms with Gasteiger partial charge in [0.1, 0.15) is 0 Å². The van der Waals surface area contributed by atoms with E-state index in [1.807, 2.05) is 70.2 Å². The van der Waals surface area contributed by atoms with Gasteiger partial charge in [0.05, 0.1) is 5.57 Å². The quantitative estimate of drug-likeness (QED) is 0.308. The van der Waals surface area contributed by atoms with Crippen LogP contribution < -0.4 is 10.6 Å². The number of amides is 2. The standard InChI is InChI=1S/C25H33N3O2/c1-8-12-13-23(18-26-7)25(30)28-24(11-4)17-16-22(10-3)21(9-2)15-14-19(5)27-20(6)29/h8-18H,2H2,1,3-7H3,(H,27,29)(H,28,30)/b12-8-,17-16-,19-14+,21-15+,22-10+,23-13+,24-11+,26-18?. The van der Waals surface area contributed by atoms with Crippen LogP contribution in [0.15, 0.2) is 100 Å². The van der Waals surface area contributed by atoms with Gasteiger partial charge < -0.3 is 10.6 Å². The molecule has 2 N–H and O–H groups in total. The lowest BCUT2D eigenvalue weighted by molar-refractivity contribution is -0.118. The third-order valence-corrected chi connectivity index (χ3v) is 3.76. The molecule has 0 spiro atoms. The highest BCUT2D eigenvalue weighted by Crippen LogP contribution is 2.14. The minimum absolute atomic E-state index is 0.118.